The zero-order valence-electron chi connectivity index (χ0n) is 11.1. The highest BCUT2D eigenvalue weighted by atomic mass is 35.5. The van der Waals surface area contributed by atoms with E-state index in [1.807, 2.05) is 0 Å². The third-order valence-electron chi connectivity index (χ3n) is 2.67. The maximum atomic E-state index is 12.2. The van der Waals surface area contributed by atoms with Gasteiger partial charge in [0.15, 0.2) is 0 Å². The summed E-state index contributed by atoms with van der Waals surface area (Å²) in [5.41, 5.74) is 0.450. The molecule has 0 saturated carbocycles. The standard InChI is InChI=1S/C13H13ClN2O3S2/c1-16(21(18,19)13-7-4-8-20-13)9-12(17)15-11-6-3-2-5-10(11)14/h2-8H,9H2,1H3,(H,15,17). The Morgan fingerprint density at radius 1 is 1.29 bits per heavy atom. The summed E-state index contributed by atoms with van der Waals surface area (Å²) in [5.74, 6) is -0.453. The molecule has 21 heavy (non-hydrogen) atoms. The predicted octanol–water partition coefficient (Wildman–Crippen LogP) is 2.66. The second-order valence-electron chi connectivity index (χ2n) is 4.22. The summed E-state index contributed by atoms with van der Waals surface area (Å²) in [4.78, 5) is 11.9. The Labute approximate surface area is 132 Å². The van der Waals surface area contributed by atoms with Crippen LogP contribution in [0.3, 0.4) is 0 Å². The number of sulfonamides is 1. The van der Waals surface area contributed by atoms with Gasteiger partial charge in [0.2, 0.25) is 5.91 Å². The normalized spacial score (nSPS) is 11.6. The van der Waals surface area contributed by atoms with Crippen molar-refractivity contribution in [2.24, 2.45) is 0 Å². The highest BCUT2D eigenvalue weighted by Crippen LogP contribution is 2.21. The summed E-state index contributed by atoms with van der Waals surface area (Å²) in [6.45, 7) is -0.286. The Bertz CT molecular complexity index is 730. The number of amides is 1. The highest BCUT2D eigenvalue weighted by Gasteiger charge is 2.23. The number of likely N-dealkylation sites (N-methyl/N-ethyl adjacent to an activating group) is 1. The number of carbonyl (C=O) groups is 1. The molecule has 0 radical (unpaired) electrons. The molecule has 0 aliphatic rings. The van der Waals surface area contributed by atoms with E-state index < -0.39 is 15.9 Å². The number of para-hydroxylation sites is 1. The Hall–Kier alpha value is -1.41. The van der Waals surface area contributed by atoms with Gasteiger partial charge in [-0.05, 0) is 23.6 Å². The lowest BCUT2D eigenvalue weighted by molar-refractivity contribution is -0.116. The van der Waals surface area contributed by atoms with Crippen molar-refractivity contribution in [3.05, 3.63) is 46.8 Å². The van der Waals surface area contributed by atoms with E-state index >= 15 is 0 Å². The predicted molar refractivity (Wildman–Crippen MR) is 84.2 cm³/mol. The van der Waals surface area contributed by atoms with E-state index in [9.17, 15) is 13.2 Å². The average Bonchev–Trinajstić information content (AvgIpc) is 2.96. The summed E-state index contributed by atoms with van der Waals surface area (Å²) in [6, 6.07) is 9.91. The number of hydrogen-bond acceptors (Lipinski definition) is 4. The van der Waals surface area contributed by atoms with E-state index in [1.165, 1.54) is 13.1 Å². The van der Waals surface area contributed by atoms with Gasteiger partial charge in [0.1, 0.15) is 4.21 Å². The van der Waals surface area contributed by atoms with Gasteiger partial charge in [-0.3, -0.25) is 4.79 Å². The third-order valence-corrected chi connectivity index (χ3v) is 6.18. The molecule has 0 aliphatic heterocycles. The number of nitrogens with zero attached hydrogens (tertiary/aromatic N) is 1. The van der Waals surface area contributed by atoms with E-state index in [-0.39, 0.29) is 10.8 Å². The lowest BCUT2D eigenvalue weighted by Crippen LogP contribution is -2.34. The van der Waals surface area contributed by atoms with Crippen molar-refractivity contribution in [2.45, 2.75) is 4.21 Å². The van der Waals surface area contributed by atoms with Gasteiger partial charge in [0.25, 0.3) is 10.0 Å². The zero-order chi connectivity index (χ0) is 15.5. The van der Waals surface area contributed by atoms with Gasteiger partial charge in [-0.1, -0.05) is 29.8 Å². The highest BCUT2D eigenvalue weighted by molar-refractivity contribution is 7.91. The average molecular weight is 345 g/mol. The van der Waals surface area contributed by atoms with Crippen LogP contribution < -0.4 is 5.32 Å². The Morgan fingerprint density at radius 3 is 2.62 bits per heavy atom. The number of rotatable bonds is 5. The SMILES string of the molecule is CN(CC(=O)Nc1ccccc1Cl)S(=O)(=O)c1cccs1. The molecule has 1 aromatic carbocycles. The van der Waals surface area contributed by atoms with Crippen molar-refractivity contribution >= 4 is 44.6 Å². The van der Waals surface area contributed by atoms with Crippen LogP contribution in [0.2, 0.25) is 5.02 Å². The van der Waals surface area contributed by atoms with Gasteiger partial charge in [0, 0.05) is 7.05 Å². The van der Waals surface area contributed by atoms with Crippen LogP contribution in [0.5, 0.6) is 0 Å². The minimum absolute atomic E-state index is 0.204. The first-order valence-electron chi connectivity index (χ1n) is 5.95. The topological polar surface area (TPSA) is 66.5 Å². The minimum Gasteiger partial charge on any atom is -0.324 e. The lowest BCUT2D eigenvalue weighted by atomic mass is 10.3. The second kappa shape index (κ2) is 6.57. The Morgan fingerprint density at radius 2 is 2.00 bits per heavy atom. The monoisotopic (exact) mass is 344 g/mol. The maximum Gasteiger partial charge on any atom is 0.252 e. The van der Waals surface area contributed by atoms with Gasteiger partial charge >= 0.3 is 0 Å². The largest absolute Gasteiger partial charge is 0.324 e. The Kier molecular flexibility index (Phi) is 5.00. The number of anilines is 1. The van der Waals surface area contributed by atoms with Crippen LogP contribution in [0.15, 0.2) is 46.0 Å². The van der Waals surface area contributed by atoms with Crippen molar-refractivity contribution < 1.29 is 13.2 Å². The van der Waals surface area contributed by atoms with Crippen LogP contribution in [0.4, 0.5) is 5.69 Å². The van der Waals surface area contributed by atoms with Gasteiger partial charge in [-0.2, -0.15) is 4.31 Å². The smallest absolute Gasteiger partial charge is 0.252 e. The molecule has 1 N–H and O–H groups in total. The van der Waals surface area contributed by atoms with Crippen LogP contribution in [0.25, 0.3) is 0 Å². The summed E-state index contributed by atoms with van der Waals surface area (Å²) in [7, 11) is -2.27. The van der Waals surface area contributed by atoms with Crippen molar-refractivity contribution in [2.75, 3.05) is 18.9 Å². The van der Waals surface area contributed by atoms with Gasteiger partial charge in [0.05, 0.1) is 17.3 Å². The van der Waals surface area contributed by atoms with Gasteiger partial charge in [-0.15, -0.1) is 11.3 Å². The third kappa shape index (κ3) is 3.82. The molecule has 0 saturated heterocycles. The second-order valence-corrected chi connectivity index (χ2v) is 7.85. The number of benzene rings is 1. The van der Waals surface area contributed by atoms with E-state index in [0.29, 0.717) is 10.7 Å². The van der Waals surface area contributed by atoms with E-state index in [4.69, 9.17) is 11.6 Å². The number of halogens is 1. The summed E-state index contributed by atoms with van der Waals surface area (Å²) in [5, 5.41) is 4.65. The van der Waals surface area contributed by atoms with Gasteiger partial charge in [-0.25, -0.2) is 8.42 Å². The number of hydrogen-bond donors (Lipinski definition) is 1. The molecule has 0 atom stereocenters. The first-order chi connectivity index (χ1) is 9.91. The Balaban J connectivity index is 2.05. The van der Waals surface area contributed by atoms with E-state index in [2.05, 4.69) is 5.32 Å². The molecule has 2 rings (SSSR count). The van der Waals surface area contributed by atoms with Crippen molar-refractivity contribution in [3.8, 4) is 0 Å². The molecule has 0 aliphatic carbocycles. The maximum absolute atomic E-state index is 12.2. The summed E-state index contributed by atoms with van der Waals surface area (Å²) in [6.07, 6.45) is 0. The molecule has 0 fully saturated rings. The zero-order valence-corrected chi connectivity index (χ0v) is 13.5. The summed E-state index contributed by atoms with van der Waals surface area (Å²) >= 11 is 7.04. The summed E-state index contributed by atoms with van der Waals surface area (Å²) < 4.78 is 25.6. The van der Waals surface area contributed by atoms with Crippen molar-refractivity contribution in [1.82, 2.24) is 4.31 Å². The van der Waals surface area contributed by atoms with Gasteiger partial charge < -0.3 is 5.32 Å². The van der Waals surface area contributed by atoms with E-state index in [1.54, 1.807) is 35.7 Å². The first kappa shape index (κ1) is 16.0. The van der Waals surface area contributed by atoms with Crippen molar-refractivity contribution in [3.63, 3.8) is 0 Å². The van der Waals surface area contributed by atoms with E-state index in [0.717, 1.165) is 15.6 Å². The lowest BCUT2D eigenvalue weighted by Gasteiger charge is -2.16. The molecular formula is C13H13ClN2O3S2. The number of thiophene rings is 1. The fourth-order valence-corrected chi connectivity index (χ4v) is 4.11. The van der Waals surface area contributed by atoms with Crippen LogP contribution in [-0.2, 0) is 14.8 Å². The quantitative estimate of drug-likeness (QED) is 0.906. The molecule has 0 unspecified atom stereocenters. The molecule has 0 bridgehead atoms. The molecule has 2 aromatic rings. The molecule has 5 nitrogen and oxygen atoms in total. The van der Waals surface area contributed by atoms with Crippen LogP contribution >= 0.6 is 22.9 Å². The van der Waals surface area contributed by atoms with Crippen LogP contribution in [0, 0.1) is 0 Å². The minimum atomic E-state index is -3.64. The number of carbonyl (C=O) groups excluding carboxylic acids is 1. The molecule has 0 spiro atoms. The molecule has 1 amide bonds. The van der Waals surface area contributed by atoms with Crippen molar-refractivity contribution in [1.29, 1.82) is 0 Å². The number of nitrogens with one attached hydrogen (secondary N) is 1. The molecule has 1 heterocycles. The fourth-order valence-electron chi connectivity index (χ4n) is 1.60. The molecule has 8 heteroatoms. The van der Waals surface area contributed by atoms with Crippen LogP contribution in [-0.4, -0.2) is 32.2 Å². The van der Waals surface area contributed by atoms with Crippen LogP contribution in [0.1, 0.15) is 0 Å². The molecule has 112 valence electrons. The first-order valence-corrected chi connectivity index (χ1v) is 8.65. The molecule has 1 aromatic heterocycles. The fraction of sp³-hybridized carbons (Fsp3) is 0.154. The molecular weight excluding hydrogens is 332 g/mol.